The predicted octanol–water partition coefficient (Wildman–Crippen LogP) is 3.44. The number of carbonyl (C=O) groups is 1. The average molecular weight is 389 g/mol. The molecule has 0 radical (unpaired) electrons. The zero-order chi connectivity index (χ0) is 19.1. The number of nitrogens with one attached hydrogen (secondary N) is 1. The number of nitrogens with zero attached hydrogens (tertiary/aromatic N) is 1. The Morgan fingerprint density at radius 3 is 2.59 bits per heavy atom. The van der Waals surface area contributed by atoms with Crippen molar-refractivity contribution in [3.8, 4) is 5.75 Å². The molecule has 0 bridgehead atoms. The molecule has 1 aromatic heterocycles. The van der Waals surface area contributed by atoms with E-state index in [2.05, 4.69) is 41.6 Å². The molecule has 27 heavy (non-hydrogen) atoms. The molecule has 3 rings (SSSR count). The summed E-state index contributed by atoms with van der Waals surface area (Å²) in [5.41, 5.74) is 1.26. The van der Waals surface area contributed by atoms with Crippen LogP contribution in [-0.4, -0.2) is 50.3 Å². The van der Waals surface area contributed by atoms with Crippen molar-refractivity contribution < 1.29 is 14.3 Å². The van der Waals surface area contributed by atoms with Gasteiger partial charge in [0, 0.05) is 24.5 Å². The lowest BCUT2D eigenvalue weighted by Crippen LogP contribution is -2.44. The van der Waals surface area contributed by atoms with Crippen LogP contribution in [0.4, 0.5) is 0 Å². The van der Waals surface area contributed by atoms with Gasteiger partial charge in [-0.15, -0.1) is 11.3 Å². The van der Waals surface area contributed by atoms with Crippen LogP contribution in [0, 0.1) is 0 Å². The zero-order valence-electron chi connectivity index (χ0n) is 16.0. The van der Waals surface area contributed by atoms with Crippen molar-refractivity contribution in [2.24, 2.45) is 0 Å². The second-order valence-corrected chi connectivity index (χ2v) is 7.98. The lowest BCUT2D eigenvalue weighted by molar-refractivity contribution is -0.123. The third-order valence-electron chi connectivity index (χ3n) is 4.77. The summed E-state index contributed by atoms with van der Waals surface area (Å²) in [6.45, 7) is 8.17. The fourth-order valence-corrected chi connectivity index (χ4v) is 4.00. The van der Waals surface area contributed by atoms with Crippen molar-refractivity contribution in [3.63, 3.8) is 0 Å². The maximum Gasteiger partial charge on any atom is 0.258 e. The first kappa shape index (κ1) is 19.9. The van der Waals surface area contributed by atoms with Crippen molar-refractivity contribution >= 4 is 17.2 Å². The van der Waals surface area contributed by atoms with Crippen molar-refractivity contribution in [2.75, 3.05) is 39.5 Å². The van der Waals surface area contributed by atoms with Gasteiger partial charge in [0.05, 0.1) is 19.3 Å². The summed E-state index contributed by atoms with van der Waals surface area (Å²) < 4.78 is 11.1. The van der Waals surface area contributed by atoms with Crippen LogP contribution in [0.3, 0.4) is 0 Å². The highest BCUT2D eigenvalue weighted by molar-refractivity contribution is 7.10. The second kappa shape index (κ2) is 9.88. The normalized spacial score (nSPS) is 16.3. The minimum atomic E-state index is -0.0993. The van der Waals surface area contributed by atoms with E-state index in [1.165, 1.54) is 10.4 Å². The SMILES string of the molecule is CC(C)c1ccc(OCC(=O)NC[C@H](c2cccs2)N2CCOCC2)cc1. The third kappa shape index (κ3) is 5.79. The Balaban J connectivity index is 1.50. The Morgan fingerprint density at radius 1 is 1.22 bits per heavy atom. The van der Waals surface area contributed by atoms with Gasteiger partial charge in [0.2, 0.25) is 0 Å². The number of ether oxygens (including phenoxy) is 2. The quantitative estimate of drug-likeness (QED) is 0.753. The van der Waals surface area contributed by atoms with Crippen LogP contribution < -0.4 is 10.1 Å². The van der Waals surface area contributed by atoms with Crippen molar-refractivity contribution in [1.29, 1.82) is 0 Å². The molecule has 0 saturated carbocycles. The molecular formula is C21H28N2O3S. The lowest BCUT2D eigenvalue weighted by atomic mass is 10.0. The van der Waals surface area contributed by atoms with E-state index < -0.39 is 0 Å². The number of hydrogen-bond donors (Lipinski definition) is 1. The topological polar surface area (TPSA) is 50.8 Å². The molecule has 0 aliphatic carbocycles. The standard InChI is InChI=1S/C21H28N2O3S/c1-16(2)17-5-7-18(8-6-17)26-15-21(24)22-14-19(20-4-3-13-27-20)23-9-11-25-12-10-23/h3-8,13,16,19H,9-12,14-15H2,1-2H3,(H,22,24)/t19-/m1/s1. The number of rotatable bonds is 8. The number of benzene rings is 1. The summed E-state index contributed by atoms with van der Waals surface area (Å²) in [7, 11) is 0. The Hall–Kier alpha value is -1.89. The minimum absolute atomic E-state index is 0.0291. The molecular weight excluding hydrogens is 360 g/mol. The van der Waals surface area contributed by atoms with E-state index in [9.17, 15) is 4.79 Å². The number of amides is 1. The van der Waals surface area contributed by atoms with Gasteiger partial charge in [-0.3, -0.25) is 9.69 Å². The molecule has 2 aromatic rings. The zero-order valence-corrected chi connectivity index (χ0v) is 16.8. The number of thiophene rings is 1. The Morgan fingerprint density at radius 2 is 1.96 bits per heavy atom. The first-order valence-electron chi connectivity index (χ1n) is 9.48. The van der Waals surface area contributed by atoms with Crippen LogP contribution in [0.2, 0.25) is 0 Å². The summed E-state index contributed by atoms with van der Waals surface area (Å²) in [6, 6.07) is 12.3. The molecule has 1 amide bonds. The molecule has 1 aliphatic heterocycles. The van der Waals surface area contributed by atoms with Crippen LogP contribution in [0.15, 0.2) is 41.8 Å². The summed E-state index contributed by atoms with van der Waals surface area (Å²) in [6.07, 6.45) is 0. The molecule has 1 aromatic carbocycles. The molecule has 1 fully saturated rings. The van der Waals surface area contributed by atoms with Crippen LogP contribution in [-0.2, 0) is 9.53 Å². The van der Waals surface area contributed by atoms with Gasteiger partial charge in [0.15, 0.2) is 6.61 Å². The molecule has 5 nitrogen and oxygen atoms in total. The molecule has 146 valence electrons. The van der Waals surface area contributed by atoms with Crippen LogP contribution in [0.1, 0.15) is 36.2 Å². The molecule has 0 spiro atoms. The summed E-state index contributed by atoms with van der Waals surface area (Å²) in [5, 5.41) is 5.11. The third-order valence-corrected chi connectivity index (χ3v) is 5.74. The van der Waals surface area contributed by atoms with Crippen LogP contribution in [0.5, 0.6) is 5.75 Å². The van der Waals surface area contributed by atoms with Crippen molar-refractivity contribution in [3.05, 3.63) is 52.2 Å². The summed E-state index contributed by atoms with van der Waals surface area (Å²) in [5.74, 6) is 1.10. The van der Waals surface area contributed by atoms with Gasteiger partial charge in [0.25, 0.3) is 5.91 Å². The summed E-state index contributed by atoms with van der Waals surface area (Å²) in [4.78, 5) is 15.9. The molecule has 6 heteroatoms. The van der Waals surface area contributed by atoms with Crippen molar-refractivity contribution in [1.82, 2.24) is 10.2 Å². The fourth-order valence-electron chi connectivity index (χ4n) is 3.14. The number of carbonyl (C=O) groups excluding carboxylic acids is 1. The van der Waals surface area contributed by atoms with Gasteiger partial charge in [-0.25, -0.2) is 0 Å². The Bertz CT molecular complexity index is 695. The maximum atomic E-state index is 12.3. The molecule has 0 unspecified atom stereocenters. The van der Waals surface area contributed by atoms with E-state index in [0.717, 1.165) is 32.1 Å². The largest absolute Gasteiger partial charge is 0.484 e. The van der Waals surface area contributed by atoms with E-state index >= 15 is 0 Å². The lowest BCUT2D eigenvalue weighted by Gasteiger charge is -2.34. The van der Waals surface area contributed by atoms with E-state index in [0.29, 0.717) is 12.5 Å². The van der Waals surface area contributed by atoms with Gasteiger partial charge in [-0.1, -0.05) is 32.0 Å². The second-order valence-electron chi connectivity index (χ2n) is 7.00. The Kier molecular flexibility index (Phi) is 7.26. The highest BCUT2D eigenvalue weighted by Crippen LogP contribution is 2.25. The van der Waals surface area contributed by atoms with Gasteiger partial charge in [-0.05, 0) is 35.1 Å². The van der Waals surface area contributed by atoms with Gasteiger partial charge in [-0.2, -0.15) is 0 Å². The van der Waals surface area contributed by atoms with Crippen LogP contribution >= 0.6 is 11.3 Å². The highest BCUT2D eigenvalue weighted by atomic mass is 32.1. The molecule has 2 heterocycles. The fraction of sp³-hybridized carbons (Fsp3) is 0.476. The molecule has 1 atom stereocenters. The first-order valence-corrected chi connectivity index (χ1v) is 10.4. The number of hydrogen-bond acceptors (Lipinski definition) is 5. The van der Waals surface area contributed by atoms with E-state index in [1.807, 2.05) is 24.3 Å². The predicted molar refractivity (Wildman–Crippen MR) is 108 cm³/mol. The average Bonchev–Trinajstić information content (AvgIpc) is 3.22. The van der Waals surface area contributed by atoms with Gasteiger partial charge < -0.3 is 14.8 Å². The van der Waals surface area contributed by atoms with Gasteiger partial charge in [0.1, 0.15) is 5.75 Å². The van der Waals surface area contributed by atoms with E-state index in [-0.39, 0.29) is 18.6 Å². The first-order chi connectivity index (χ1) is 13.1. The van der Waals surface area contributed by atoms with Gasteiger partial charge >= 0.3 is 0 Å². The van der Waals surface area contributed by atoms with E-state index in [1.54, 1.807) is 11.3 Å². The van der Waals surface area contributed by atoms with E-state index in [4.69, 9.17) is 9.47 Å². The Labute approximate surface area is 165 Å². The summed E-state index contributed by atoms with van der Waals surface area (Å²) >= 11 is 1.73. The van der Waals surface area contributed by atoms with Crippen LogP contribution in [0.25, 0.3) is 0 Å². The number of morpholine rings is 1. The monoisotopic (exact) mass is 388 g/mol. The van der Waals surface area contributed by atoms with Crippen molar-refractivity contribution in [2.45, 2.75) is 25.8 Å². The molecule has 1 N–H and O–H groups in total. The molecule has 1 saturated heterocycles. The molecule has 1 aliphatic rings. The smallest absolute Gasteiger partial charge is 0.258 e. The highest BCUT2D eigenvalue weighted by Gasteiger charge is 2.23. The minimum Gasteiger partial charge on any atom is -0.484 e. The maximum absolute atomic E-state index is 12.3.